The van der Waals surface area contributed by atoms with Crippen molar-refractivity contribution in [3.63, 3.8) is 0 Å². The smallest absolute Gasteiger partial charge is 0.463 e. The summed E-state index contributed by atoms with van der Waals surface area (Å²) in [5.74, 6) is -2.23. The van der Waals surface area contributed by atoms with E-state index in [1.165, 1.54) is 179 Å². The third kappa shape index (κ3) is 40.3. The van der Waals surface area contributed by atoms with Crippen molar-refractivity contribution in [2.75, 3.05) is 26.4 Å². The molecule has 3 rings (SSSR count). The molecule has 1 aliphatic carbocycles. The van der Waals surface area contributed by atoms with Crippen molar-refractivity contribution in [3.8, 4) is 0 Å². The number of rotatable bonds is 62. The van der Waals surface area contributed by atoms with E-state index < -0.39 is 156 Å². The fraction of sp³-hybridized carbons (Fsp3) is 0.908. The molecule has 0 amide bonds. The lowest BCUT2D eigenvalue weighted by molar-refractivity contribution is -0.360. The molecule has 25 heteroatoms. The Hall–Kier alpha value is -2.56. The van der Waals surface area contributed by atoms with Gasteiger partial charge in [-0.1, -0.05) is 289 Å². The molecule has 18 atom stereocenters. The number of unbranched alkanes of at least 4 members (excludes halogenated alkanes) is 40. The van der Waals surface area contributed by atoms with Crippen molar-refractivity contribution < 1.29 is 117 Å². The molecule has 3 fully saturated rings. The third-order valence-corrected chi connectivity index (χ3v) is 20.6. The van der Waals surface area contributed by atoms with Gasteiger partial charge in [0.15, 0.2) is 18.7 Å². The van der Waals surface area contributed by atoms with E-state index in [9.17, 15) is 74.9 Å². The van der Waals surface area contributed by atoms with Crippen molar-refractivity contribution in [2.24, 2.45) is 0 Å². The largest absolute Gasteiger partial charge is 0.472 e. The highest BCUT2D eigenvalue weighted by Gasteiger charge is 2.58. The maximum Gasteiger partial charge on any atom is 0.472 e. The lowest BCUT2D eigenvalue weighted by Gasteiger charge is -2.49. The summed E-state index contributed by atoms with van der Waals surface area (Å²) < 4.78 is 64.9. The second-order valence-electron chi connectivity index (χ2n) is 28.5. The molecule has 2 heterocycles. The van der Waals surface area contributed by atoms with Crippen molar-refractivity contribution in [1.82, 2.24) is 0 Å². The first kappa shape index (κ1) is 92.6. The number of phosphoric ester groups is 1. The van der Waals surface area contributed by atoms with Gasteiger partial charge in [-0.3, -0.25) is 18.6 Å². The molecule has 11 N–H and O–H groups in total. The number of carbonyl (C=O) groups is 3. The zero-order valence-corrected chi connectivity index (χ0v) is 62.8. The highest BCUT2D eigenvalue weighted by atomic mass is 31.2. The Kier molecular flexibility index (Phi) is 52.8. The Morgan fingerprint density at radius 1 is 0.406 bits per heavy atom. The van der Waals surface area contributed by atoms with E-state index in [2.05, 4.69) is 20.8 Å². The van der Waals surface area contributed by atoms with Crippen LogP contribution in [0.3, 0.4) is 0 Å². The average molecular weight is 1470 g/mol. The van der Waals surface area contributed by atoms with E-state index >= 15 is 0 Å². The summed E-state index contributed by atoms with van der Waals surface area (Å²) in [6.45, 7) is 3.37. The number of aliphatic hydroxyl groups excluding tert-OH is 10. The maximum atomic E-state index is 14.3. The molecule has 1 saturated carbocycles. The van der Waals surface area contributed by atoms with Crippen LogP contribution >= 0.6 is 7.82 Å². The molecule has 0 bridgehead atoms. The summed E-state index contributed by atoms with van der Waals surface area (Å²) in [4.78, 5) is 51.0. The Morgan fingerprint density at radius 3 is 1.17 bits per heavy atom. The Labute approximate surface area is 605 Å². The fourth-order valence-corrected chi connectivity index (χ4v) is 14.1. The van der Waals surface area contributed by atoms with Gasteiger partial charge in [-0.15, -0.1) is 0 Å². The van der Waals surface area contributed by atoms with Crippen LogP contribution in [0.5, 0.6) is 0 Å². The summed E-state index contributed by atoms with van der Waals surface area (Å²) in [6, 6.07) is 0. The van der Waals surface area contributed by atoms with Gasteiger partial charge in [-0.25, -0.2) is 9.36 Å². The zero-order chi connectivity index (χ0) is 73.9. The van der Waals surface area contributed by atoms with Gasteiger partial charge < -0.3 is 89.1 Å². The van der Waals surface area contributed by atoms with Crippen LogP contribution < -0.4 is 0 Å². The molecule has 101 heavy (non-hydrogen) atoms. The lowest BCUT2D eigenvalue weighted by atomic mass is 9.84. The van der Waals surface area contributed by atoms with Gasteiger partial charge in [0.25, 0.3) is 0 Å². The minimum atomic E-state index is -5.72. The van der Waals surface area contributed by atoms with Gasteiger partial charge >= 0.3 is 25.7 Å². The van der Waals surface area contributed by atoms with Crippen LogP contribution in [0.1, 0.15) is 310 Å². The first-order valence-electron chi connectivity index (χ1n) is 39.7. The summed E-state index contributed by atoms with van der Waals surface area (Å²) in [7, 11) is -5.72. The molecule has 2 saturated heterocycles. The second-order valence-corrected chi connectivity index (χ2v) is 29.9. The SMILES string of the molecule is CCCCCCCCCCCCC/C=C/C=C/C(=O)OCC(COP(=O)(O)OC1C(OC2OC(CO)C(O)C(O)C2O)C(O)C(O)C(O)C1OC1OC(COC(=O)CCCCCCCCCCCCCCCC)C(O)C(O)C1O)OC(=O)CCCCCCCCCCCCCCCCCCC. The van der Waals surface area contributed by atoms with Crippen LogP contribution in [0, 0.1) is 0 Å². The van der Waals surface area contributed by atoms with Gasteiger partial charge in [0, 0.05) is 18.9 Å². The molecule has 0 aromatic rings. The summed E-state index contributed by atoms with van der Waals surface area (Å²) in [5, 5.41) is 110. The number of carbonyl (C=O) groups excluding carboxylic acids is 3. The molecule has 3 aliphatic rings. The van der Waals surface area contributed by atoms with Crippen LogP contribution in [-0.4, -0.2) is 204 Å². The van der Waals surface area contributed by atoms with Gasteiger partial charge in [0.05, 0.1) is 13.2 Å². The van der Waals surface area contributed by atoms with Crippen molar-refractivity contribution in [3.05, 3.63) is 24.3 Å². The Morgan fingerprint density at radius 2 is 0.762 bits per heavy atom. The Bertz CT molecular complexity index is 2180. The van der Waals surface area contributed by atoms with Gasteiger partial charge in [-0.2, -0.15) is 0 Å². The molecule has 24 nitrogen and oxygen atoms in total. The molecule has 0 aromatic heterocycles. The molecule has 2 aliphatic heterocycles. The summed E-state index contributed by atoms with van der Waals surface area (Å²) >= 11 is 0. The monoisotopic (exact) mass is 1470 g/mol. The molecule has 592 valence electrons. The maximum absolute atomic E-state index is 14.3. The minimum Gasteiger partial charge on any atom is -0.463 e. The van der Waals surface area contributed by atoms with Crippen LogP contribution in [0.2, 0.25) is 0 Å². The zero-order valence-electron chi connectivity index (χ0n) is 61.9. The van der Waals surface area contributed by atoms with Crippen LogP contribution in [0.15, 0.2) is 24.3 Å². The van der Waals surface area contributed by atoms with E-state index in [1.807, 2.05) is 6.08 Å². The predicted octanol–water partition coefficient (Wildman–Crippen LogP) is 11.7. The number of aliphatic hydroxyl groups is 10. The second kappa shape index (κ2) is 57.6. The van der Waals surface area contributed by atoms with E-state index in [4.69, 9.17) is 42.2 Å². The van der Waals surface area contributed by atoms with Crippen molar-refractivity contribution >= 4 is 25.7 Å². The summed E-state index contributed by atoms with van der Waals surface area (Å²) in [5.41, 5.74) is 0. The Balaban J connectivity index is 1.73. The van der Waals surface area contributed by atoms with Crippen LogP contribution in [-0.2, 0) is 61.2 Å². The minimum absolute atomic E-state index is 0.0290. The normalized spacial score (nSPS) is 27.3. The first-order valence-corrected chi connectivity index (χ1v) is 41.2. The topological polar surface area (TPSA) is 374 Å². The lowest BCUT2D eigenvalue weighted by Crippen LogP contribution is -2.69. The van der Waals surface area contributed by atoms with Crippen molar-refractivity contribution in [2.45, 2.75) is 414 Å². The standard InChI is InChI=1S/C76H139O24P/c1-4-7-10-13-16-19-22-25-28-29-31-34-37-40-43-46-49-52-62(80)95-57(54-92-60(78)50-47-44-41-38-36-33-30-26-23-20-17-14-11-8-5-2)55-94-101(90,91)100-74-72(98-75-70(88)65(83)63(81)58(53-77)96-75)68(86)67(85)69(87)73(74)99-76-71(89)66(84)64(82)59(97-76)56-93-61(79)51-48-45-42-39-35-32-27-24-21-18-15-12-9-6-3/h41,44,47,50,57-59,63-77,81-89H,4-40,42-43,45-46,48-49,51-56H2,1-3H3,(H,90,91)/b44-41+,50-47+. The average Bonchev–Trinajstić information content (AvgIpc) is 0.761. The molecular formula is C76H139O24P. The van der Waals surface area contributed by atoms with Crippen molar-refractivity contribution in [1.29, 1.82) is 0 Å². The fourth-order valence-electron chi connectivity index (χ4n) is 13.1. The van der Waals surface area contributed by atoms with E-state index in [0.717, 1.165) is 96.0 Å². The third-order valence-electron chi connectivity index (χ3n) is 19.6. The molecule has 0 radical (unpaired) electrons. The van der Waals surface area contributed by atoms with Gasteiger partial charge in [0.2, 0.25) is 0 Å². The highest BCUT2D eigenvalue weighted by Crippen LogP contribution is 2.49. The number of esters is 3. The number of phosphoric acid groups is 1. The summed E-state index contributed by atoms with van der Waals surface area (Å²) in [6.07, 6.45) is 20.0. The van der Waals surface area contributed by atoms with Crippen LogP contribution in [0.4, 0.5) is 0 Å². The highest BCUT2D eigenvalue weighted by molar-refractivity contribution is 7.47. The molecule has 0 spiro atoms. The molecule has 0 aromatic carbocycles. The molecular weight excluding hydrogens is 1330 g/mol. The van der Waals surface area contributed by atoms with Crippen LogP contribution in [0.25, 0.3) is 0 Å². The number of ether oxygens (including phenoxy) is 7. The first-order chi connectivity index (χ1) is 48.8. The quantitative estimate of drug-likeness (QED) is 0.00673. The predicted molar refractivity (Wildman–Crippen MR) is 384 cm³/mol. The van der Waals surface area contributed by atoms with E-state index in [0.29, 0.717) is 12.8 Å². The molecule has 18 unspecified atom stereocenters. The van der Waals surface area contributed by atoms with E-state index in [1.54, 1.807) is 6.08 Å². The van der Waals surface area contributed by atoms with Gasteiger partial charge in [0.1, 0.15) is 98.7 Å². The van der Waals surface area contributed by atoms with E-state index in [-0.39, 0.29) is 12.8 Å². The number of allylic oxidation sites excluding steroid dienone is 3. The van der Waals surface area contributed by atoms with Gasteiger partial charge in [-0.05, 0) is 25.7 Å². The number of hydrogen-bond acceptors (Lipinski definition) is 23. The number of hydrogen-bond donors (Lipinski definition) is 11.